The average molecular weight is 210 g/mol. The molecule has 0 bridgehead atoms. The Balaban J connectivity index is 0.00000144. The van der Waals surface area contributed by atoms with E-state index in [1.807, 2.05) is 0 Å². The fourth-order valence-electron chi connectivity index (χ4n) is 1.41. The largest absolute Gasteiger partial charge is 0.385 e. The average Bonchev–Trinajstić information content (AvgIpc) is 2.57. The van der Waals surface area contributed by atoms with Gasteiger partial charge in [0.05, 0.1) is 6.61 Å². The van der Waals surface area contributed by atoms with Crippen molar-refractivity contribution in [3.05, 3.63) is 0 Å². The van der Waals surface area contributed by atoms with Crippen LogP contribution in [0.3, 0.4) is 0 Å². The van der Waals surface area contributed by atoms with Crippen LogP contribution in [-0.4, -0.2) is 40.0 Å². The molecule has 1 unspecified atom stereocenters. The van der Waals surface area contributed by atoms with Crippen LogP contribution in [0, 0.1) is 5.92 Å². The van der Waals surface area contributed by atoms with E-state index in [1.165, 1.54) is 6.42 Å². The van der Waals surface area contributed by atoms with Crippen LogP contribution < -0.4 is 5.32 Å². The van der Waals surface area contributed by atoms with Gasteiger partial charge in [0.2, 0.25) is 0 Å². The second-order valence-corrected chi connectivity index (χ2v) is 3.28. The van der Waals surface area contributed by atoms with E-state index in [-0.39, 0.29) is 12.4 Å². The van der Waals surface area contributed by atoms with Gasteiger partial charge in [0.15, 0.2) is 0 Å². The first-order valence-corrected chi connectivity index (χ1v) is 4.71. The summed E-state index contributed by atoms with van der Waals surface area (Å²) in [6.07, 6.45) is 2.28. The molecular formula is C9H20ClNO2. The summed E-state index contributed by atoms with van der Waals surface area (Å²) in [5, 5.41) is 3.32. The van der Waals surface area contributed by atoms with Crippen molar-refractivity contribution < 1.29 is 9.47 Å². The number of methoxy groups -OCH3 is 1. The summed E-state index contributed by atoms with van der Waals surface area (Å²) in [6.45, 7) is 4.85. The summed E-state index contributed by atoms with van der Waals surface area (Å²) in [7, 11) is 1.72. The minimum atomic E-state index is 0. The lowest BCUT2D eigenvalue weighted by molar-refractivity contribution is 0.0828. The molecule has 1 rings (SSSR count). The van der Waals surface area contributed by atoms with Gasteiger partial charge in [0.25, 0.3) is 0 Å². The lowest BCUT2D eigenvalue weighted by Gasteiger charge is -2.08. The fraction of sp³-hybridized carbons (Fsp3) is 1.00. The smallest absolute Gasteiger partial charge is 0.0506 e. The van der Waals surface area contributed by atoms with Gasteiger partial charge in [-0.1, -0.05) is 0 Å². The van der Waals surface area contributed by atoms with Crippen molar-refractivity contribution in [2.24, 2.45) is 5.92 Å². The third-order valence-corrected chi connectivity index (χ3v) is 2.15. The number of ether oxygens (including phenoxy) is 2. The molecule has 0 aromatic heterocycles. The van der Waals surface area contributed by atoms with Crippen LogP contribution >= 0.6 is 12.4 Å². The summed E-state index contributed by atoms with van der Waals surface area (Å²) < 4.78 is 10.4. The monoisotopic (exact) mass is 209 g/mol. The van der Waals surface area contributed by atoms with Gasteiger partial charge in [-0.2, -0.15) is 0 Å². The van der Waals surface area contributed by atoms with E-state index in [4.69, 9.17) is 9.47 Å². The van der Waals surface area contributed by atoms with Crippen molar-refractivity contribution in [3.63, 3.8) is 0 Å². The summed E-state index contributed by atoms with van der Waals surface area (Å²) in [5.74, 6) is 0.743. The molecule has 1 fully saturated rings. The second kappa shape index (κ2) is 8.75. The Kier molecular flexibility index (Phi) is 8.87. The van der Waals surface area contributed by atoms with Gasteiger partial charge >= 0.3 is 0 Å². The quantitative estimate of drug-likeness (QED) is 0.664. The predicted octanol–water partition coefficient (Wildman–Crippen LogP) is 1.07. The second-order valence-electron chi connectivity index (χ2n) is 3.28. The predicted molar refractivity (Wildman–Crippen MR) is 55.5 cm³/mol. The highest BCUT2D eigenvalue weighted by molar-refractivity contribution is 5.85. The molecule has 80 valence electrons. The van der Waals surface area contributed by atoms with Crippen LogP contribution in [0.1, 0.15) is 12.8 Å². The molecule has 1 atom stereocenters. The van der Waals surface area contributed by atoms with Gasteiger partial charge in [-0.15, -0.1) is 12.4 Å². The van der Waals surface area contributed by atoms with Crippen LogP contribution in [-0.2, 0) is 9.47 Å². The van der Waals surface area contributed by atoms with Crippen molar-refractivity contribution in [2.45, 2.75) is 12.8 Å². The lowest BCUT2D eigenvalue weighted by atomic mass is 10.1. The molecule has 0 aromatic carbocycles. The lowest BCUT2D eigenvalue weighted by Crippen LogP contribution is -2.14. The summed E-state index contributed by atoms with van der Waals surface area (Å²) in [5.41, 5.74) is 0. The van der Waals surface area contributed by atoms with Crippen LogP contribution in [0.15, 0.2) is 0 Å². The highest BCUT2D eigenvalue weighted by atomic mass is 35.5. The third-order valence-electron chi connectivity index (χ3n) is 2.15. The number of halogens is 1. The Morgan fingerprint density at radius 3 is 2.85 bits per heavy atom. The van der Waals surface area contributed by atoms with Crippen molar-refractivity contribution in [1.82, 2.24) is 5.32 Å². The highest BCUT2D eigenvalue weighted by Gasteiger charge is 2.13. The van der Waals surface area contributed by atoms with E-state index in [2.05, 4.69) is 5.32 Å². The molecule has 0 spiro atoms. The zero-order valence-corrected chi connectivity index (χ0v) is 9.07. The van der Waals surface area contributed by atoms with Gasteiger partial charge in [-0.25, -0.2) is 0 Å². The van der Waals surface area contributed by atoms with Crippen LogP contribution in [0.5, 0.6) is 0 Å². The Morgan fingerprint density at radius 2 is 2.23 bits per heavy atom. The third kappa shape index (κ3) is 6.27. The zero-order chi connectivity index (χ0) is 8.65. The van der Waals surface area contributed by atoms with Gasteiger partial charge in [0.1, 0.15) is 0 Å². The van der Waals surface area contributed by atoms with Crippen molar-refractivity contribution in [1.29, 1.82) is 0 Å². The number of hydrogen-bond donors (Lipinski definition) is 1. The topological polar surface area (TPSA) is 30.5 Å². The molecule has 0 radical (unpaired) electrons. The molecule has 1 N–H and O–H groups in total. The molecule has 1 aliphatic rings. The van der Waals surface area contributed by atoms with E-state index >= 15 is 0 Å². The van der Waals surface area contributed by atoms with Crippen molar-refractivity contribution >= 4 is 12.4 Å². The van der Waals surface area contributed by atoms with Crippen LogP contribution in [0.4, 0.5) is 0 Å². The van der Waals surface area contributed by atoms with Gasteiger partial charge in [-0.3, -0.25) is 0 Å². The maximum atomic E-state index is 5.50. The van der Waals surface area contributed by atoms with Gasteiger partial charge in [-0.05, 0) is 25.3 Å². The van der Waals surface area contributed by atoms with Gasteiger partial charge < -0.3 is 14.8 Å². The Hall–Kier alpha value is 0.170. The molecule has 13 heavy (non-hydrogen) atoms. The first kappa shape index (κ1) is 13.2. The SMILES string of the molecule is COCCCOCC1CCNC1.Cl. The Morgan fingerprint density at radius 1 is 1.38 bits per heavy atom. The highest BCUT2D eigenvalue weighted by Crippen LogP contribution is 2.07. The molecule has 0 aliphatic carbocycles. The maximum Gasteiger partial charge on any atom is 0.0506 e. The molecule has 1 heterocycles. The minimum Gasteiger partial charge on any atom is -0.385 e. The zero-order valence-electron chi connectivity index (χ0n) is 8.25. The molecule has 4 heteroatoms. The number of nitrogens with one attached hydrogen (secondary N) is 1. The first-order valence-electron chi connectivity index (χ1n) is 4.71. The fourth-order valence-corrected chi connectivity index (χ4v) is 1.41. The summed E-state index contributed by atoms with van der Waals surface area (Å²) in [4.78, 5) is 0. The summed E-state index contributed by atoms with van der Waals surface area (Å²) >= 11 is 0. The van der Waals surface area contributed by atoms with E-state index in [9.17, 15) is 0 Å². The number of rotatable bonds is 6. The molecular weight excluding hydrogens is 190 g/mol. The first-order chi connectivity index (χ1) is 5.93. The molecule has 1 saturated heterocycles. The molecule has 0 aromatic rings. The maximum absolute atomic E-state index is 5.50. The van der Waals surface area contributed by atoms with Crippen LogP contribution in [0.25, 0.3) is 0 Å². The normalized spacial score (nSPS) is 21.5. The Bertz CT molecular complexity index is 108. The van der Waals surface area contributed by atoms with Crippen molar-refractivity contribution in [3.8, 4) is 0 Å². The summed E-state index contributed by atoms with van der Waals surface area (Å²) in [6, 6.07) is 0. The van der Waals surface area contributed by atoms with Crippen molar-refractivity contribution in [2.75, 3.05) is 40.0 Å². The molecule has 1 aliphatic heterocycles. The van der Waals surface area contributed by atoms with E-state index < -0.39 is 0 Å². The van der Waals surface area contributed by atoms with E-state index in [0.717, 1.165) is 45.2 Å². The minimum absolute atomic E-state index is 0. The Labute approximate surface area is 86.6 Å². The van der Waals surface area contributed by atoms with E-state index in [0.29, 0.717) is 0 Å². The molecule has 0 amide bonds. The van der Waals surface area contributed by atoms with Crippen LogP contribution in [0.2, 0.25) is 0 Å². The number of hydrogen-bond acceptors (Lipinski definition) is 3. The standard InChI is InChI=1S/C9H19NO2.ClH/c1-11-5-2-6-12-8-9-3-4-10-7-9;/h9-10H,2-8H2,1H3;1H. The van der Waals surface area contributed by atoms with Gasteiger partial charge in [0, 0.05) is 26.9 Å². The molecule has 0 saturated carbocycles. The molecule has 3 nitrogen and oxygen atoms in total. The van der Waals surface area contributed by atoms with E-state index in [1.54, 1.807) is 7.11 Å².